The number of carbonyl (C=O) groups excluding carboxylic acids is 2. The first kappa shape index (κ1) is 25.0. The largest absolute Gasteiger partial charge is 0.339 e. The summed E-state index contributed by atoms with van der Waals surface area (Å²) in [6.45, 7) is 4.24. The molecule has 3 N–H and O–H groups in total. The molecule has 2 amide bonds. The van der Waals surface area contributed by atoms with Crippen LogP contribution in [0.5, 0.6) is 0 Å². The molecule has 3 aromatic rings. The van der Waals surface area contributed by atoms with Gasteiger partial charge < -0.3 is 15.6 Å². The van der Waals surface area contributed by atoms with Crippen LogP contribution in [0.1, 0.15) is 74.5 Å². The van der Waals surface area contributed by atoms with Crippen LogP contribution in [0.2, 0.25) is 0 Å². The van der Waals surface area contributed by atoms with Gasteiger partial charge in [-0.05, 0) is 43.7 Å². The van der Waals surface area contributed by atoms with Crippen LogP contribution in [0.3, 0.4) is 0 Å². The summed E-state index contributed by atoms with van der Waals surface area (Å²) in [5.74, 6) is 0.450. The van der Waals surface area contributed by atoms with Gasteiger partial charge in [0.05, 0.1) is 18.4 Å². The fraction of sp³-hybridized carbons (Fsp3) is 0.519. The molecule has 10 nitrogen and oxygen atoms in total. The van der Waals surface area contributed by atoms with Crippen molar-refractivity contribution in [2.75, 3.05) is 5.32 Å². The zero-order valence-electron chi connectivity index (χ0n) is 21.4. The van der Waals surface area contributed by atoms with E-state index in [2.05, 4.69) is 25.8 Å². The van der Waals surface area contributed by atoms with Crippen LogP contribution in [0.4, 0.5) is 5.69 Å². The molecule has 3 aromatic heterocycles. The van der Waals surface area contributed by atoms with E-state index in [1.807, 2.05) is 13.8 Å². The molecule has 0 aliphatic heterocycles. The van der Waals surface area contributed by atoms with Gasteiger partial charge in [-0.2, -0.15) is 10.2 Å². The Bertz CT molecular complexity index is 1280. The summed E-state index contributed by atoms with van der Waals surface area (Å²) < 4.78 is 3.30. The summed E-state index contributed by atoms with van der Waals surface area (Å²) in [5.41, 5.74) is 1.39. The van der Waals surface area contributed by atoms with Gasteiger partial charge in [-0.1, -0.05) is 44.6 Å². The Balaban J connectivity index is 1.36. The summed E-state index contributed by atoms with van der Waals surface area (Å²) in [4.78, 5) is 41.8. The molecular weight excluding hydrogens is 470 g/mol. The molecule has 1 atom stereocenters. The Morgan fingerprint density at radius 2 is 1.84 bits per heavy atom. The van der Waals surface area contributed by atoms with Crippen LogP contribution < -0.4 is 16.2 Å². The number of aromatic amines is 1. The van der Waals surface area contributed by atoms with Crippen molar-refractivity contribution in [3.8, 4) is 0 Å². The van der Waals surface area contributed by atoms with E-state index in [9.17, 15) is 14.4 Å². The molecule has 1 unspecified atom stereocenters. The van der Waals surface area contributed by atoms with E-state index in [1.165, 1.54) is 12.8 Å². The predicted molar refractivity (Wildman–Crippen MR) is 139 cm³/mol. The standard InChI is InChI=1S/C27H35N7O3/c1-17(2)34-22(11-13-29-34)26(36)32-24(23(18-6-3-7-18)19-8-4-9-19)27(37)31-21-14-30-33(16-21)15-20-10-5-12-28-25(20)35/h5,10-14,16-19,23-24H,3-4,6-9,15H2,1-2H3,(H,28,35)(H,31,37)(H,32,36). The van der Waals surface area contributed by atoms with Gasteiger partial charge in [0.25, 0.3) is 11.5 Å². The number of carbonyl (C=O) groups is 2. The van der Waals surface area contributed by atoms with Crippen LogP contribution in [0.25, 0.3) is 0 Å². The number of nitrogens with one attached hydrogen (secondary N) is 3. The number of aromatic nitrogens is 5. The Labute approximate surface area is 215 Å². The lowest BCUT2D eigenvalue weighted by Gasteiger charge is -2.45. The molecule has 10 heteroatoms. The molecule has 5 rings (SSSR count). The average Bonchev–Trinajstić information content (AvgIpc) is 3.46. The van der Waals surface area contributed by atoms with Gasteiger partial charge in [-0.3, -0.25) is 23.7 Å². The number of amides is 2. The van der Waals surface area contributed by atoms with Gasteiger partial charge in [-0.15, -0.1) is 0 Å². The van der Waals surface area contributed by atoms with Crippen molar-refractivity contribution in [2.45, 2.75) is 71.0 Å². The maximum atomic E-state index is 13.7. The second-order valence-corrected chi connectivity index (χ2v) is 10.6. The van der Waals surface area contributed by atoms with Gasteiger partial charge in [0, 0.05) is 30.2 Å². The normalized spacial score (nSPS) is 16.9. The summed E-state index contributed by atoms with van der Waals surface area (Å²) in [5, 5.41) is 14.7. The van der Waals surface area contributed by atoms with Crippen molar-refractivity contribution in [1.82, 2.24) is 29.9 Å². The molecule has 37 heavy (non-hydrogen) atoms. The Hall–Kier alpha value is -3.69. The average molecular weight is 506 g/mol. The maximum absolute atomic E-state index is 13.7. The van der Waals surface area contributed by atoms with Crippen molar-refractivity contribution in [1.29, 1.82) is 0 Å². The van der Waals surface area contributed by atoms with E-state index in [0.717, 1.165) is 25.7 Å². The predicted octanol–water partition coefficient (Wildman–Crippen LogP) is 3.35. The number of H-pyrrole nitrogens is 1. The second-order valence-electron chi connectivity index (χ2n) is 10.6. The number of nitrogens with zero attached hydrogens (tertiary/aromatic N) is 4. The summed E-state index contributed by atoms with van der Waals surface area (Å²) in [6, 6.07) is 4.58. The molecule has 0 saturated heterocycles. The van der Waals surface area contributed by atoms with Crippen molar-refractivity contribution in [3.05, 3.63) is 64.6 Å². The van der Waals surface area contributed by atoms with Gasteiger partial charge in [-0.25, -0.2) is 0 Å². The Morgan fingerprint density at radius 3 is 2.46 bits per heavy atom. The highest BCUT2D eigenvalue weighted by molar-refractivity contribution is 6.00. The summed E-state index contributed by atoms with van der Waals surface area (Å²) in [6.07, 6.45) is 13.2. The highest BCUT2D eigenvalue weighted by atomic mass is 16.2. The van der Waals surface area contributed by atoms with Crippen molar-refractivity contribution in [2.24, 2.45) is 17.8 Å². The third-order valence-corrected chi connectivity index (χ3v) is 7.87. The third kappa shape index (κ3) is 5.38. The van der Waals surface area contributed by atoms with Gasteiger partial charge >= 0.3 is 0 Å². The maximum Gasteiger partial charge on any atom is 0.270 e. The molecule has 0 radical (unpaired) electrons. The second kappa shape index (κ2) is 10.7. The highest BCUT2D eigenvalue weighted by Gasteiger charge is 2.44. The monoisotopic (exact) mass is 505 g/mol. The number of anilines is 1. The molecule has 0 aromatic carbocycles. The molecule has 2 fully saturated rings. The zero-order chi connectivity index (χ0) is 25.9. The zero-order valence-corrected chi connectivity index (χ0v) is 21.4. The van der Waals surface area contributed by atoms with Crippen LogP contribution in [-0.4, -0.2) is 42.4 Å². The van der Waals surface area contributed by atoms with E-state index >= 15 is 0 Å². The van der Waals surface area contributed by atoms with Crippen molar-refractivity contribution >= 4 is 17.5 Å². The molecule has 2 saturated carbocycles. The Morgan fingerprint density at radius 1 is 1.11 bits per heavy atom. The minimum atomic E-state index is -0.654. The summed E-state index contributed by atoms with van der Waals surface area (Å²) >= 11 is 0. The highest BCUT2D eigenvalue weighted by Crippen LogP contribution is 2.46. The van der Waals surface area contributed by atoms with Crippen LogP contribution in [0.15, 0.2) is 47.8 Å². The SMILES string of the molecule is CC(C)n1nccc1C(=O)NC(C(=O)Nc1cnn(Cc2ccc[nH]c2=O)c1)C(C1CCC1)C1CCC1. The number of rotatable bonds is 10. The van der Waals surface area contributed by atoms with Gasteiger partial charge in [0.15, 0.2) is 0 Å². The fourth-order valence-corrected chi connectivity index (χ4v) is 5.53. The van der Waals surface area contributed by atoms with E-state index in [-0.39, 0.29) is 35.9 Å². The molecule has 2 aliphatic rings. The first-order valence-corrected chi connectivity index (χ1v) is 13.2. The van der Waals surface area contributed by atoms with E-state index < -0.39 is 6.04 Å². The molecule has 2 aliphatic carbocycles. The molecule has 196 valence electrons. The molecule has 3 heterocycles. The lowest BCUT2D eigenvalue weighted by Crippen LogP contribution is -2.54. The van der Waals surface area contributed by atoms with Crippen LogP contribution in [-0.2, 0) is 11.3 Å². The molecular formula is C27H35N7O3. The number of hydrogen-bond donors (Lipinski definition) is 3. The van der Waals surface area contributed by atoms with Crippen molar-refractivity contribution in [3.63, 3.8) is 0 Å². The van der Waals surface area contributed by atoms with E-state index in [0.29, 0.717) is 28.8 Å². The van der Waals surface area contributed by atoms with E-state index in [1.54, 1.807) is 52.4 Å². The van der Waals surface area contributed by atoms with Gasteiger partial charge in [0.1, 0.15) is 11.7 Å². The number of pyridine rings is 1. The Kier molecular flexibility index (Phi) is 7.25. The third-order valence-electron chi connectivity index (χ3n) is 7.87. The lowest BCUT2D eigenvalue weighted by atomic mass is 9.62. The molecule has 0 bridgehead atoms. The minimum Gasteiger partial charge on any atom is -0.339 e. The number of hydrogen-bond acceptors (Lipinski definition) is 5. The van der Waals surface area contributed by atoms with Crippen LogP contribution in [0, 0.1) is 17.8 Å². The van der Waals surface area contributed by atoms with Crippen molar-refractivity contribution < 1.29 is 9.59 Å². The first-order valence-electron chi connectivity index (χ1n) is 13.2. The molecule has 0 spiro atoms. The van der Waals surface area contributed by atoms with Gasteiger partial charge in [0.2, 0.25) is 5.91 Å². The van der Waals surface area contributed by atoms with Crippen LogP contribution >= 0.6 is 0 Å². The summed E-state index contributed by atoms with van der Waals surface area (Å²) in [7, 11) is 0. The smallest absolute Gasteiger partial charge is 0.270 e. The van der Waals surface area contributed by atoms with E-state index in [4.69, 9.17) is 0 Å². The minimum absolute atomic E-state index is 0.0276. The lowest BCUT2D eigenvalue weighted by molar-refractivity contribution is -0.121. The fourth-order valence-electron chi connectivity index (χ4n) is 5.53. The topological polar surface area (TPSA) is 127 Å². The quantitative estimate of drug-likeness (QED) is 0.389. The first-order chi connectivity index (χ1) is 17.9.